The smallest absolute Gasteiger partial charge is 0.475 e. The number of nitriles is 1. The van der Waals surface area contributed by atoms with Crippen LogP contribution in [0.15, 0.2) is 36.8 Å². The van der Waals surface area contributed by atoms with Gasteiger partial charge in [0.25, 0.3) is 0 Å². The second-order valence-electron chi connectivity index (χ2n) is 8.23. The van der Waals surface area contributed by atoms with Crippen LogP contribution in [0, 0.1) is 11.3 Å². The Balaban J connectivity index is 0.000000383. The molecule has 8 nitrogen and oxygen atoms in total. The van der Waals surface area contributed by atoms with Crippen molar-refractivity contribution >= 4 is 11.7 Å². The van der Waals surface area contributed by atoms with Crippen LogP contribution in [-0.4, -0.2) is 70.1 Å². The zero-order valence-electron chi connectivity index (χ0n) is 18.3. The van der Waals surface area contributed by atoms with E-state index in [9.17, 15) is 18.4 Å². The van der Waals surface area contributed by atoms with E-state index in [1.54, 1.807) is 0 Å². The molecule has 11 heteroatoms. The summed E-state index contributed by atoms with van der Waals surface area (Å²) in [5, 5.41) is 16.3. The van der Waals surface area contributed by atoms with E-state index in [0.717, 1.165) is 57.9 Å². The highest BCUT2D eigenvalue weighted by molar-refractivity contribution is 5.73. The molecule has 2 aliphatic heterocycles. The van der Waals surface area contributed by atoms with Crippen molar-refractivity contribution in [1.82, 2.24) is 14.5 Å². The molecular formula is C22H26F3N5O3. The van der Waals surface area contributed by atoms with Gasteiger partial charge in [-0.3, -0.25) is 4.90 Å². The number of hydrogen-bond donors (Lipinski definition) is 1. The largest absolute Gasteiger partial charge is 0.490 e. The molecule has 2 aliphatic rings. The highest BCUT2D eigenvalue weighted by atomic mass is 19.4. The maximum atomic E-state index is 10.6. The molecule has 2 aromatic rings. The van der Waals surface area contributed by atoms with Crippen LogP contribution >= 0.6 is 0 Å². The molecule has 1 N–H and O–H groups in total. The van der Waals surface area contributed by atoms with E-state index in [0.29, 0.717) is 5.56 Å². The Morgan fingerprint density at radius 2 is 2.09 bits per heavy atom. The lowest BCUT2D eigenvalue weighted by atomic mass is 9.90. The van der Waals surface area contributed by atoms with Crippen molar-refractivity contribution in [2.75, 3.05) is 37.7 Å². The first-order valence-electron chi connectivity index (χ1n) is 10.5. The Bertz CT molecular complexity index is 1000. The molecule has 178 valence electrons. The van der Waals surface area contributed by atoms with Gasteiger partial charge in [0.15, 0.2) is 0 Å². The maximum absolute atomic E-state index is 10.6. The van der Waals surface area contributed by atoms with Gasteiger partial charge in [-0.1, -0.05) is 6.07 Å². The fraction of sp³-hybridized carbons (Fsp3) is 0.500. The third kappa shape index (κ3) is 6.46. The number of hydrogen-bond acceptors (Lipinski definition) is 6. The van der Waals surface area contributed by atoms with E-state index >= 15 is 0 Å². The lowest BCUT2D eigenvalue weighted by molar-refractivity contribution is -0.192. The summed E-state index contributed by atoms with van der Waals surface area (Å²) in [6.45, 7) is 5.46. The number of carbonyl (C=O) groups is 1. The third-order valence-electron chi connectivity index (χ3n) is 5.75. The van der Waals surface area contributed by atoms with Crippen LogP contribution < -0.4 is 4.90 Å². The average Bonchev–Trinajstić information content (AvgIpc) is 3.18. The van der Waals surface area contributed by atoms with Crippen molar-refractivity contribution in [3.63, 3.8) is 0 Å². The van der Waals surface area contributed by atoms with Gasteiger partial charge in [-0.05, 0) is 31.0 Å². The summed E-state index contributed by atoms with van der Waals surface area (Å²) in [7, 11) is 2.04. The summed E-state index contributed by atoms with van der Waals surface area (Å²) in [5.74, 6) is -2.76. The molecule has 0 bridgehead atoms. The number of aliphatic carboxylic acids is 1. The number of morpholine rings is 1. The van der Waals surface area contributed by atoms with Crippen LogP contribution in [-0.2, 0) is 23.1 Å². The summed E-state index contributed by atoms with van der Waals surface area (Å²) in [6.07, 6.45) is 0.915. The monoisotopic (exact) mass is 465 g/mol. The Morgan fingerprint density at radius 3 is 2.73 bits per heavy atom. The molecule has 1 unspecified atom stereocenters. The molecule has 33 heavy (non-hydrogen) atoms. The zero-order valence-corrected chi connectivity index (χ0v) is 18.3. The van der Waals surface area contributed by atoms with E-state index in [1.807, 2.05) is 37.8 Å². The molecule has 2 fully saturated rings. The molecule has 2 saturated heterocycles. The van der Waals surface area contributed by atoms with Crippen LogP contribution in [0.3, 0.4) is 0 Å². The normalized spacial score (nSPS) is 21.2. The van der Waals surface area contributed by atoms with Crippen molar-refractivity contribution in [2.45, 2.75) is 31.2 Å². The van der Waals surface area contributed by atoms with Gasteiger partial charge in [0.2, 0.25) is 0 Å². The number of nitrogens with zero attached hydrogens (tertiary/aromatic N) is 5. The predicted octanol–water partition coefficient (Wildman–Crippen LogP) is 2.80. The van der Waals surface area contributed by atoms with Crippen molar-refractivity contribution in [1.29, 1.82) is 5.26 Å². The van der Waals surface area contributed by atoms with Gasteiger partial charge in [-0.15, -0.1) is 0 Å². The summed E-state index contributed by atoms with van der Waals surface area (Å²) < 4.78 is 40.1. The number of imidazole rings is 1. The fourth-order valence-electron chi connectivity index (χ4n) is 4.16. The number of halogens is 3. The lowest BCUT2D eigenvalue weighted by Gasteiger charge is -2.48. The quantitative estimate of drug-likeness (QED) is 0.745. The molecule has 1 aromatic carbocycles. The number of rotatable bonds is 3. The second-order valence-corrected chi connectivity index (χ2v) is 8.23. The summed E-state index contributed by atoms with van der Waals surface area (Å²) in [6, 6.07) is 10.1. The first-order chi connectivity index (χ1) is 15.6. The van der Waals surface area contributed by atoms with Crippen molar-refractivity contribution in [2.24, 2.45) is 7.05 Å². The highest BCUT2D eigenvalue weighted by Crippen LogP contribution is 2.32. The van der Waals surface area contributed by atoms with E-state index < -0.39 is 12.1 Å². The number of aromatic nitrogens is 2. The van der Waals surface area contributed by atoms with Crippen molar-refractivity contribution in [3.05, 3.63) is 48.0 Å². The van der Waals surface area contributed by atoms with E-state index in [2.05, 4.69) is 31.5 Å². The molecule has 1 atom stereocenters. The van der Waals surface area contributed by atoms with Gasteiger partial charge in [0.1, 0.15) is 0 Å². The minimum absolute atomic E-state index is 0.127. The van der Waals surface area contributed by atoms with Gasteiger partial charge in [0.05, 0.1) is 35.9 Å². The SMILES string of the molecule is Cn1cncc1CN1CCOC2(CCCN(c3cccc(C#N)c3)C2)C1.O=C(O)C(F)(F)F. The molecule has 0 aliphatic carbocycles. The second kappa shape index (κ2) is 10.2. The van der Waals surface area contributed by atoms with Crippen LogP contribution in [0.2, 0.25) is 0 Å². The molecule has 0 amide bonds. The fourth-order valence-corrected chi connectivity index (χ4v) is 4.16. The Kier molecular flexibility index (Phi) is 7.61. The first-order valence-corrected chi connectivity index (χ1v) is 10.5. The van der Waals surface area contributed by atoms with Gasteiger partial charge < -0.3 is 19.3 Å². The highest BCUT2D eigenvalue weighted by Gasteiger charge is 2.41. The summed E-state index contributed by atoms with van der Waals surface area (Å²) in [5.41, 5.74) is 2.94. The van der Waals surface area contributed by atoms with E-state index in [1.165, 1.54) is 5.69 Å². The lowest BCUT2D eigenvalue weighted by Crippen LogP contribution is -2.59. The minimum Gasteiger partial charge on any atom is -0.475 e. The summed E-state index contributed by atoms with van der Waals surface area (Å²) >= 11 is 0. The standard InChI is InChI=1S/C20H25N5O.C2HF3O2/c1-23-16-22-12-19(23)13-24-8-9-26-20(14-24)6-3-7-25(15-20)18-5-2-4-17(10-18)11-21;3-2(4,5)1(6)7/h2,4-5,10,12,16H,3,6-9,13-15H2,1H3;(H,6,7). The number of alkyl halides is 3. The van der Waals surface area contributed by atoms with Gasteiger partial charge in [0, 0.05) is 51.7 Å². The molecule has 4 rings (SSSR count). The topological polar surface area (TPSA) is 94.6 Å². The van der Waals surface area contributed by atoms with Gasteiger partial charge >= 0.3 is 12.1 Å². The van der Waals surface area contributed by atoms with E-state index in [4.69, 9.17) is 14.6 Å². The Hall–Kier alpha value is -3.10. The predicted molar refractivity (Wildman–Crippen MR) is 113 cm³/mol. The first kappa shape index (κ1) is 24.5. The molecular weight excluding hydrogens is 439 g/mol. The maximum Gasteiger partial charge on any atom is 0.490 e. The van der Waals surface area contributed by atoms with Crippen molar-refractivity contribution < 1.29 is 27.8 Å². The number of piperidine rings is 1. The Morgan fingerprint density at radius 1 is 1.33 bits per heavy atom. The van der Waals surface area contributed by atoms with Crippen LogP contribution in [0.1, 0.15) is 24.1 Å². The zero-order chi connectivity index (χ0) is 24.1. The van der Waals surface area contributed by atoms with Crippen LogP contribution in [0.25, 0.3) is 0 Å². The number of carboxylic acids is 1. The minimum atomic E-state index is -5.08. The van der Waals surface area contributed by atoms with Gasteiger partial charge in [-0.25, -0.2) is 9.78 Å². The van der Waals surface area contributed by atoms with Gasteiger partial charge in [-0.2, -0.15) is 18.4 Å². The molecule has 1 spiro atoms. The number of benzene rings is 1. The van der Waals surface area contributed by atoms with Crippen LogP contribution in [0.4, 0.5) is 18.9 Å². The molecule has 3 heterocycles. The number of anilines is 1. The average molecular weight is 465 g/mol. The molecule has 1 aromatic heterocycles. The molecule has 0 radical (unpaired) electrons. The van der Waals surface area contributed by atoms with Crippen LogP contribution in [0.5, 0.6) is 0 Å². The molecule has 0 saturated carbocycles. The number of carboxylic acid groups (broad SMARTS) is 1. The summed E-state index contributed by atoms with van der Waals surface area (Å²) in [4.78, 5) is 18.0. The van der Waals surface area contributed by atoms with E-state index in [-0.39, 0.29) is 5.60 Å². The number of ether oxygens (including phenoxy) is 1. The number of aryl methyl sites for hydroxylation is 1. The third-order valence-corrected chi connectivity index (χ3v) is 5.75. The van der Waals surface area contributed by atoms with Crippen molar-refractivity contribution in [3.8, 4) is 6.07 Å². The Labute approximate surface area is 189 Å².